The van der Waals surface area contributed by atoms with E-state index in [-0.39, 0.29) is 12.1 Å². The summed E-state index contributed by atoms with van der Waals surface area (Å²) in [7, 11) is -3.20. The van der Waals surface area contributed by atoms with Gasteiger partial charge in [0, 0.05) is 30.4 Å². The van der Waals surface area contributed by atoms with Crippen molar-refractivity contribution in [3.05, 3.63) is 47.8 Å². The maximum atomic E-state index is 11.7. The predicted molar refractivity (Wildman–Crippen MR) is 109 cm³/mol. The van der Waals surface area contributed by atoms with Gasteiger partial charge in [-0.2, -0.15) is 5.10 Å². The second kappa shape index (κ2) is 8.54. The Bertz CT molecular complexity index is 846. The summed E-state index contributed by atoms with van der Waals surface area (Å²) in [5.41, 5.74) is 3.28. The van der Waals surface area contributed by atoms with Crippen LogP contribution in [0, 0.1) is 0 Å². The Labute approximate surface area is 162 Å². The standard InChI is InChI=1S/C20H30N4O2S/c1-15(2)20-16(14-24(22-20)17-9-5-4-6-10-17)13-21-18-11-7-8-12-19(18)23-27(3,25)26/h4-6,9-10,14-15,18-19,21,23H,7-8,11-13H2,1-3H3/t18-,19+/m0/s1. The quantitative estimate of drug-likeness (QED) is 0.762. The molecule has 2 N–H and O–H groups in total. The SMILES string of the molecule is CC(C)c1nn(-c2ccccc2)cc1CN[C@H]1CCCC[C@H]1NS(C)(=O)=O. The first kappa shape index (κ1) is 20.0. The molecule has 1 saturated carbocycles. The monoisotopic (exact) mass is 390 g/mol. The van der Waals surface area contributed by atoms with Gasteiger partial charge in [-0.15, -0.1) is 0 Å². The maximum absolute atomic E-state index is 11.7. The number of nitrogens with one attached hydrogen (secondary N) is 2. The molecule has 7 heteroatoms. The van der Waals surface area contributed by atoms with Crippen molar-refractivity contribution in [2.45, 2.75) is 64.1 Å². The van der Waals surface area contributed by atoms with E-state index >= 15 is 0 Å². The Morgan fingerprint density at radius 1 is 1.15 bits per heavy atom. The molecule has 148 valence electrons. The molecule has 0 aliphatic heterocycles. The molecule has 1 aliphatic carbocycles. The van der Waals surface area contributed by atoms with Crippen LogP contribution in [0.15, 0.2) is 36.5 Å². The van der Waals surface area contributed by atoms with Gasteiger partial charge in [0.15, 0.2) is 0 Å². The molecule has 0 bridgehead atoms. The van der Waals surface area contributed by atoms with Gasteiger partial charge in [0.25, 0.3) is 0 Å². The van der Waals surface area contributed by atoms with E-state index in [0.717, 1.165) is 42.6 Å². The molecule has 0 spiro atoms. The first-order chi connectivity index (χ1) is 12.8. The predicted octanol–water partition coefficient (Wildman–Crippen LogP) is 2.95. The fraction of sp³-hybridized carbons (Fsp3) is 0.550. The lowest BCUT2D eigenvalue weighted by Gasteiger charge is -2.32. The van der Waals surface area contributed by atoms with Crippen LogP contribution in [0.3, 0.4) is 0 Å². The number of para-hydroxylation sites is 1. The highest BCUT2D eigenvalue weighted by atomic mass is 32.2. The van der Waals surface area contributed by atoms with Crippen molar-refractivity contribution in [3.63, 3.8) is 0 Å². The number of hydrogen-bond acceptors (Lipinski definition) is 4. The van der Waals surface area contributed by atoms with Crippen molar-refractivity contribution in [2.75, 3.05) is 6.26 Å². The van der Waals surface area contributed by atoms with Crippen LogP contribution in [0.4, 0.5) is 0 Å². The summed E-state index contributed by atoms with van der Waals surface area (Å²) in [4.78, 5) is 0. The van der Waals surface area contributed by atoms with Gasteiger partial charge in [-0.25, -0.2) is 17.8 Å². The van der Waals surface area contributed by atoms with Crippen LogP contribution in [0.2, 0.25) is 0 Å². The van der Waals surface area contributed by atoms with Gasteiger partial charge in [-0.1, -0.05) is 44.9 Å². The zero-order chi connectivity index (χ0) is 19.4. The minimum Gasteiger partial charge on any atom is -0.308 e. The van der Waals surface area contributed by atoms with Gasteiger partial charge >= 0.3 is 0 Å². The minimum absolute atomic E-state index is 0.0413. The van der Waals surface area contributed by atoms with Gasteiger partial charge in [-0.05, 0) is 30.9 Å². The Morgan fingerprint density at radius 2 is 1.81 bits per heavy atom. The zero-order valence-electron chi connectivity index (χ0n) is 16.4. The number of sulfonamides is 1. The van der Waals surface area contributed by atoms with Gasteiger partial charge in [-0.3, -0.25) is 0 Å². The molecular formula is C20H30N4O2S. The number of rotatable bonds is 7. The highest BCUT2D eigenvalue weighted by molar-refractivity contribution is 7.88. The number of nitrogens with zero attached hydrogens (tertiary/aromatic N) is 2. The van der Waals surface area contributed by atoms with Crippen LogP contribution in [0.1, 0.15) is 56.7 Å². The van der Waals surface area contributed by atoms with E-state index in [2.05, 4.69) is 30.1 Å². The molecule has 1 heterocycles. The fourth-order valence-corrected chi connectivity index (χ4v) is 4.62. The van der Waals surface area contributed by atoms with Crippen molar-refractivity contribution in [3.8, 4) is 5.69 Å². The Morgan fingerprint density at radius 3 is 2.44 bits per heavy atom. The lowest BCUT2D eigenvalue weighted by Crippen LogP contribution is -2.51. The van der Waals surface area contributed by atoms with E-state index in [1.807, 2.05) is 35.0 Å². The first-order valence-electron chi connectivity index (χ1n) is 9.68. The largest absolute Gasteiger partial charge is 0.308 e. The Kier molecular flexibility index (Phi) is 6.34. The summed E-state index contributed by atoms with van der Waals surface area (Å²) < 4.78 is 28.1. The molecule has 0 unspecified atom stereocenters. The maximum Gasteiger partial charge on any atom is 0.209 e. The molecule has 0 saturated heterocycles. The number of aromatic nitrogens is 2. The van der Waals surface area contributed by atoms with Gasteiger partial charge in [0.1, 0.15) is 0 Å². The van der Waals surface area contributed by atoms with E-state index in [1.54, 1.807) is 0 Å². The van der Waals surface area contributed by atoms with Gasteiger partial charge in [0.05, 0.1) is 17.6 Å². The number of benzene rings is 1. The summed E-state index contributed by atoms with van der Waals surface area (Å²) >= 11 is 0. The normalized spacial score (nSPS) is 20.9. The van der Waals surface area contributed by atoms with E-state index in [4.69, 9.17) is 5.10 Å². The third kappa shape index (κ3) is 5.40. The average molecular weight is 391 g/mol. The van der Waals surface area contributed by atoms with Crippen LogP contribution >= 0.6 is 0 Å². The van der Waals surface area contributed by atoms with Crippen molar-refractivity contribution < 1.29 is 8.42 Å². The Balaban J connectivity index is 1.75. The average Bonchev–Trinajstić information content (AvgIpc) is 3.05. The molecule has 1 aromatic heterocycles. The summed E-state index contributed by atoms with van der Waals surface area (Å²) in [6.45, 7) is 4.98. The van der Waals surface area contributed by atoms with Crippen molar-refractivity contribution in [1.82, 2.24) is 19.8 Å². The van der Waals surface area contributed by atoms with Crippen LogP contribution in [-0.2, 0) is 16.6 Å². The molecule has 6 nitrogen and oxygen atoms in total. The van der Waals surface area contributed by atoms with Crippen molar-refractivity contribution in [1.29, 1.82) is 0 Å². The molecule has 0 amide bonds. The molecule has 2 aromatic rings. The molecule has 27 heavy (non-hydrogen) atoms. The summed E-state index contributed by atoms with van der Waals surface area (Å²) in [5, 5.41) is 8.38. The van der Waals surface area contributed by atoms with Gasteiger partial charge in [0.2, 0.25) is 10.0 Å². The fourth-order valence-electron chi connectivity index (χ4n) is 3.79. The second-order valence-corrected chi connectivity index (χ2v) is 9.52. The van der Waals surface area contributed by atoms with Crippen molar-refractivity contribution in [2.24, 2.45) is 0 Å². The second-order valence-electron chi connectivity index (χ2n) is 7.74. The summed E-state index contributed by atoms with van der Waals surface area (Å²) in [6, 6.07) is 10.2. The van der Waals surface area contributed by atoms with Crippen LogP contribution in [0.5, 0.6) is 0 Å². The lowest BCUT2D eigenvalue weighted by molar-refractivity contribution is 0.309. The summed E-state index contributed by atoms with van der Waals surface area (Å²) in [6.07, 6.45) is 7.37. The third-order valence-corrected chi connectivity index (χ3v) is 5.81. The first-order valence-corrected chi connectivity index (χ1v) is 11.6. The van der Waals surface area contributed by atoms with E-state index < -0.39 is 10.0 Å². The van der Waals surface area contributed by atoms with Crippen LogP contribution in [-0.4, -0.2) is 36.5 Å². The summed E-state index contributed by atoms with van der Waals surface area (Å²) in [5.74, 6) is 0.322. The topological polar surface area (TPSA) is 76.0 Å². The zero-order valence-corrected chi connectivity index (χ0v) is 17.2. The smallest absolute Gasteiger partial charge is 0.209 e. The molecule has 1 fully saturated rings. The van der Waals surface area contributed by atoms with Crippen LogP contribution in [0.25, 0.3) is 5.69 Å². The molecular weight excluding hydrogens is 360 g/mol. The van der Waals surface area contributed by atoms with E-state index in [0.29, 0.717) is 12.5 Å². The van der Waals surface area contributed by atoms with Crippen molar-refractivity contribution >= 4 is 10.0 Å². The highest BCUT2D eigenvalue weighted by Crippen LogP contribution is 2.23. The lowest BCUT2D eigenvalue weighted by atomic mass is 9.91. The molecule has 3 rings (SSSR count). The van der Waals surface area contributed by atoms with Crippen LogP contribution < -0.4 is 10.0 Å². The highest BCUT2D eigenvalue weighted by Gasteiger charge is 2.27. The number of hydrogen-bond donors (Lipinski definition) is 2. The molecule has 0 radical (unpaired) electrons. The van der Waals surface area contributed by atoms with Gasteiger partial charge < -0.3 is 5.32 Å². The minimum atomic E-state index is -3.20. The molecule has 2 atom stereocenters. The molecule has 1 aliphatic rings. The van der Waals surface area contributed by atoms with E-state index in [9.17, 15) is 8.42 Å². The van der Waals surface area contributed by atoms with E-state index in [1.165, 1.54) is 6.26 Å². The third-order valence-electron chi connectivity index (χ3n) is 5.08. The Hall–Kier alpha value is -1.70. The molecule has 1 aromatic carbocycles.